The molecule has 0 rings (SSSR count). The third-order valence-electron chi connectivity index (χ3n) is 3.21. The van der Waals surface area contributed by atoms with Gasteiger partial charge < -0.3 is 31.0 Å². The molecule has 0 saturated carbocycles. The van der Waals surface area contributed by atoms with Crippen LogP contribution >= 0.6 is 0 Å². The van der Waals surface area contributed by atoms with E-state index in [9.17, 15) is 0 Å². The number of allylic oxidation sites excluding steroid dienone is 1. The van der Waals surface area contributed by atoms with E-state index in [2.05, 4.69) is 71.2 Å². The Kier molecular flexibility index (Phi) is 11.7. The fourth-order valence-electron chi connectivity index (χ4n) is 3.28. The van der Waals surface area contributed by atoms with E-state index < -0.39 is 42.3 Å². The minimum atomic E-state index is -2.74. The maximum atomic E-state index is 8.72. The van der Waals surface area contributed by atoms with Gasteiger partial charge in [0.05, 0.1) is 12.8 Å². The molecule has 1 N–H and O–H groups in total. The SMILES string of the molecule is CC(=C=CO)OCCOC[Si](C)(O[Si](C)(C)O[Si](C)(C)C)O[Si](C)(C)O[Si](C)(C)C. The zero-order valence-corrected chi connectivity index (χ0v) is 26.1. The van der Waals surface area contributed by atoms with Crippen molar-refractivity contribution in [1.29, 1.82) is 0 Å². The molecule has 0 aromatic carbocycles. The molecule has 0 aromatic heterocycles. The molecule has 0 heterocycles. The largest absolute Gasteiger partial charge is 0.507 e. The Hall–Kier alpha value is 0.00442. The van der Waals surface area contributed by atoms with Gasteiger partial charge in [0.15, 0.2) is 16.6 Å². The molecule has 30 heavy (non-hydrogen) atoms. The van der Waals surface area contributed by atoms with Crippen LogP contribution in [0.2, 0.25) is 72.0 Å². The van der Waals surface area contributed by atoms with Crippen molar-refractivity contribution in [2.24, 2.45) is 0 Å². The van der Waals surface area contributed by atoms with E-state index in [1.165, 1.54) is 0 Å². The Bertz CT molecular complexity index is 561. The lowest BCUT2D eigenvalue weighted by molar-refractivity contribution is 0.0854. The summed E-state index contributed by atoms with van der Waals surface area (Å²) in [5.41, 5.74) is 2.57. The first kappa shape index (κ1) is 30.0. The quantitative estimate of drug-likeness (QED) is 0.146. The van der Waals surface area contributed by atoms with Gasteiger partial charge in [0.2, 0.25) is 0 Å². The Morgan fingerprint density at radius 1 is 0.733 bits per heavy atom. The molecule has 0 atom stereocenters. The lowest BCUT2D eigenvalue weighted by atomic mass is 10.6. The molecule has 0 aromatic rings. The maximum absolute atomic E-state index is 8.72. The molecule has 0 aliphatic carbocycles. The van der Waals surface area contributed by atoms with Crippen molar-refractivity contribution in [3.05, 3.63) is 17.8 Å². The van der Waals surface area contributed by atoms with Crippen LogP contribution in [0.25, 0.3) is 0 Å². The molecule has 0 amide bonds. The van der Waals surface area contributed by atoms with Crippen LogP contribution in [-0.2, 0) is 25.9 Å². The summed E-state index contributed by atoms with van der Waals surface area (Å²) in [6.45, 7) is 25.8. The zero-order chi connectivity index (χ0) is 23.9. The van der Waals surface area contributed by atoms with Crippen LogP contribution in [0.1, 0.15) is 6.92 Å². The van der Waals surface area contributed by atoms with E-state index in [4.69, 9.17) is 31.0 Å². The van der Waals surface area contributed by atoms with Crippen molar-refractivity contribution in [2.45, 2.75) is 78.9 Å². The van der Waals surface area contributed by atoms with E-state index in [-0.39, 0.29) is 0 Å². The van der Waals surface area contributed by atoms with E-state index >= 15 is 0 Å². The second-order valence-electron chi connectivity index (χ2n) is 10.3. The number of hydrogen-bond donors (Lipinski definition) is 1. The minimum absolute atomic E-state index is 0.357. The van der Waals surface area contributed by atoms with Crippen LogP contribution in [0, 0.1) is 0 Å². The summed E-state index contributed by atoms with van der Waals surface area (Å²) in [5.74, 6) is 0.503. The summed E-state index contributed by atoms with van der Waals surface area (Å²) in [6, 6.07) is 0. The van der Waals surface area contributed by atoms with Crippen molar-refractivity contribution >= 4 is 42.3 Å². The van der Waals surface area contributed by atoms with Gasteiger partial charge in [-0.05, 0) is 77.7 Å². The molecular formula is C18H44O7Si5. The number of aliphatic hydroxyl groups excluding tert-OH is 1. The molecule has 0 saturated heterocycles. The molecule has 0 aliphatic rings. The van der Waals surface area contributed by atoms with Gasteiger partial charge in [0.1, 0.15) is 18.6 Å². The third kappa shape index (κ3) is 15.8. The highest BCUT2D eigenvalue weighted by atomic mass is 28.5. The number of aliphatic hydroxyl groups is 1. The van der Waals surface area contributed by atoms with Gasteiger partial charge in [-0.3, -0.25) is 0 Å². The van der Waals surface area contributed by atoms with Crippen molar-refractivity contribution in [3.63, 3.8) is 0 Å². The summed E-state index contributed by atoms with van der Waals surface area (Å²) in [4.78, 5) is 0. The summed E-state index contributed by atoms with van der Waals surface area (Å²) < 4.78 is 37.4. The van der Waals surface area contributed by atoms with Crippen LogP contribution in [0.5, 0.6) is 0 Å². The molecule has 0 fully saturated rings. The van der Waals surface area contributed by atoms with Gasteiger partial charge in [-0.1, -0.05) is 0 Å². The van der Waals surface area contributed by atoms with Gasteiger partial charge >= 0.3 is 25.7 Å². The van der Waals surface area contributed by atoms with E-state index in [0.717, 1.165) is 6.26 Å². The van der Waals surface area contributed by atoms with Gasteiger partial charge in [-0.2, -0.15) is 0 Å². The van der Waals surface area contributed by atoms with Gasteiger partial charge in [0.25, 0.3) is 0 Å². The average molecular weight is 513 g/mol. The predicted octanol–water partition coefficient (Wildman–Crippen LogP) is 5.35. The van der Waals surface area contributed by atoms with E-state index in [0.29, 0.717) is 25.2 Å². The Morgan fingerprint density at radius 3 is 1.53 bits per heavy atom. The van der Waals surface area contributed by atoms with Crippen LogP contribution in [0.4, 0.5) is 0 Å². The second kappa shape index (κ2) is 11.7. The second-order valence-corrected chi connectivity index (χ2v) is 30.2. The number of ether oxygens (including phenoxy) is 2. The Morgan fingerprint density at radius 2 is 1.17 bits per heavy atom. The molecule has 178 valence electrons. The highest BCUT2D eigenvalue weighted by Crippen LogP contribution is 2.26. The van der Waals surface area contributed by atoms with Crippen molar-refractivity contribution in [1.82, 2.24) is 0 Å². The number of hydrogen-bond acceptors (Lipinski definition) is 7. The fraction of sp³-hybridized carbons (Fsp3) is 0.833. The fourth-order valence-corrected chi connectivity index (χ4v) is 26.0. The van der Waals surface area contributed by atoms with E-state index in [1.54, 1.807) is 6.92 Å². The summed E-state index contributed by atoms with van der Waals surface area (Å²) >= 11 is 0. The summed E-state index contributed by atoms with van der Waals surface area (Å²) in [6.07, 6.45) is 1.20. The van der Waals surface area contributed by atoms with Crippen LogP contribution in [0.15, 0.2) is 17.8 Å². The first-order chi connectivity index (χ1) is 13.3. The summed E-state index contributed by atoms with van der Waals surface area (Å²) in [7, 11) is -11.1. The smallest absolute Gasteiger partial charge is 0.344 e. The molecule has 0 unspecified atom stereocenters. The highest BCUT2D eigenvalue weighted by molar-refractivity contribution is 6.90. The first-order valence-electron chi connectivity index (χ1n) is 10.4. The minimum Gasteiger partial charge on any atom is -0.507 e. The molecule has 0 aliphatic heterocycles. The van der Waals surface area contributed by atoms with Crippen molar-refractivity contribution in [2.75, 3.05) is 19.4 Å². The maximum Gasteiger partial charge on any atom is 0.344 e. The highest BCUT2D eigenvalue weighted by Gasteiger charge is 2.47. The Labute approximate surface area is 189 Å². The molecule has 0 bridgehead atoms. The third-order valence-corrected chi connectivity index (χ3v) is 20.2. The average Bonchev–Trinajstić information content (AvgIpc) is 2.39. The first-order valence-corrected chi connectivity index (χ1v) is 25.3. The molecular weight excluding hydrogens is 469 g/mol. The zero-order valence-electron chi connectivity index (χ0n) is 21.1. The lowest BCUT2D eigenvalue weighted by Gasteiger charge is -2.42. The van der Waals surface area contributed by atoms with Crippen molar-refractivity contribution < 1.29 is 31.0 Å². The van der Waals surface area contributed by atoms with Crippen LogP contribution in [-0.4, -0.2) is 66.9 Å². The van der Waals surface area contributed by atoms with Gasteiger partial charge in [-0.15, -0.1) is 0 Å². The number of rotatable bonds is 14. The molecule has 12 heteroatoms. The normalized spacial score (nSPS) is 13.7. The van der Waals surface area contributed by atoms with Gasteiger partial charge in [-0.25, -0.2) is 0 Å². The standard InChI is InChI=1S/C18H44O7Si5/c1-18(13-14-19)21-16-15-20-17-30(12,24-28(8,9)22-26(2,3)4)25-29(10,11)23-27(5,6)7/h14,19H,15-17H2,1-12H3. The molecule has 0 radical (unpaired) electrons. The molecule has 7 nitrogen and oxygen atoms in total. The predicted molar refractivity (Wildman–Crippen MR) is 134 cm³/mol. The monoisotopic (exact) mass is 512 g/mol. The molecule has 0 spiro atoms. The van der Waals surface area contributed by atoms with E-state index in [1.807, 2.05) is 6.55 Å². The Balaban J connectivity index is 5.26. The van der Waals surface area contributed by atoms with Crippen LogP contribution < -0.4 is 0 Å². The summed E-state index contributed by atoms with van der Waals surface area (Å²) in [5, 5.41) is 8.72. The van der Waals surface area contributed by atoms with Crippen LogP contribution in [0.3, 0.4) is 0 Å². The van der Waals surface area contributed by atoms with Crippen molar-refractivity contribution in [3.8, 4) is 0 Å². The van der Waals surface area contributed by atoms with Gasteiger partial charge in [0, 0.05) is 6.92 Å². The topological polar surface area (TPSA) is 75.6 Å². The lowest BCUT2D eigenvalue weighted by Crippen LogP contribution is -2.61.